The summed E-state index contributed by atoms with van der Waals surface area (Å²) in [6.07, 6.45) is 4.36. The van der Waals surface area contributed by atoms with E-state index in [-0.39, 0.29) is 24.1 Å². The summed E-state index contributed by atoms with van der Waals surface area (Å²) in [5, 5.41) is 9.70. The summed E-state index contributed by atoms with van der Waals surface area (Å²) in [6, 6.07) is 0.175. The first-order valence-electron chi connectivity index (χ1n) is 6.75. The van der Waals surface area contributed by atoms with Gasteiger partial charge in [0.1, 0.15) is 0 Å². The molecule has 0 radical (unpaired) electrons. The van der Waals surface area contributed by atoms with E-state index in [2.05, 4.69) is 6.58 Å². The third-order valence-corrected chi connectivity index (χ3v) is 2.89. The van der Waals surface area contributed by atoms with Crippen LogP contribution in [0.4, 0.5) is 4.79 Å². The Labute approximate surface area is 116 Å². The maximum absolute atomic E-state index is 11.9. The molecule has 0 aliphatic heterocycles. The first-order chi connectivity index (χ1) is 8.81. The molecule has 0 aromatic heterocycles. The van der Waals surface area contributed by atoms with E-state index in [9.17, 15) is 9.90 Å². The van der Waals surface area contributed by atoms with Crippen LogP contribution in [-0.2, 0) is 4.74 Å². The fourth-order valence-electron chi connectivity index (χ4n) is 1.81. The van der Waals surface area contributed by atoms with Crippen molar-refractivity contribution in [2.24, 2.45) is 5.92 Å². The van der Waals surface area contributed by atoms with Gasteiger partial charge in [0.05, 0.1) is 12.4 Å². The molecule has 0 saturated heterocycles. The van der Waals surface area contributed by atoms with Crippen molar-refractivity contribution in [3.05, 3.63) is 25.0 Å². The van der Waals surface area contributed by atoms with Crippen molar-refractivity contribution in [2.45, 2.75) is 59.2 Å². The van der Waals surface area contributed by atoms with Gasteiger partial charge in [-0.2, -0.15) is 0 Å². The molecule has 19 heavy (non-hydrogen) atoms. The average molecular weight is 269 g/mol. The summed E-state index contributed by atoms with van der Waals surface area (Å²) in [5.41, 5.74) is 0. The monoisotopic (exact) mass is 269 g/mol. The number of carbonyl (C=O) groups is 1. The van der Waals surface area contributed by atoms with Crippen molar-refractivity contribution in [1.29, 1.82) is 0 Å². The molecule has 0 rings (SSSR count). The van der Waals surface area contributed by atoms with Gasteiger partial charge in [0.15, 0.2) is 0 Å². The second-order valence-electron chi connectivity index (χ2n) is 5.26. The highest BCUT2D eigenvalue weighted by molar-refractivity contribution is 5.68. The van der Waals surface area contributed by atoms with Crippen LogP contribution in [0.25, 0.3) is 0 Å². The van der Waals surface area contributed by atoms with Crippen molar-refractivity contribution in [2.75, 3.05) is 0 Å². The molecule has 0 aromatic rings. The fourth-order valence-corrected chi connectivity index (χ4v) is 1.81. The molecule has 0 unspecified atom stereocenters. The highest BCUT2D eigenvalue weighted by Gasteiger charge is 2.20. The van der Waals surface area contributed by atoms with Gasteiger partial charge in [-0.25, -0.2) is 4.79 Å². The molecule has 0 spiro atoms. The Morgan fingerprint density at radius 1 is 1.26 bits per heavy atom. The molecule has 110 valence electrons. The minimum absolute atomic E-state index is 0.0858. The third-order valence-electron chi connectivity index (χ3n) is 2.89. The molecular formula is C15H27NO3. The predicted molar refractivity (Wildman–Crippen MR) is 77.7 cm³/mol. The lowest BCUT2D eigenvalue weighted by Gasteiger charge is -2.29. The van der Waals surface area contributed by atoms with Gasteiger partial charge in [-0.1, -0.05) is 13.0 Å². The van der Waals surface area contributed by atoms with Gasteiger partial charge in [0.25, 0.3) is 0 Å². The zero-order chi connectivity index (χ0) is 15.0. The number of amides is 1. The van der Waals surface area contributed by atoms with E-state index < -0.39 is 6.10 Å². The Morgan fingerprint density at radius 3 is 2.21 bits per heavy atom. The molecule has 0 aliphatic carbocycles. The lowest BCUT2D eigenvalue weighted by atomic mass is 10.0. The fraction of sp³-hybridized carbons (Fsp3) is 0.667. The van der Waals surface area contributed by atoms with Crippen molar-refractivity contribution < 1.29 is 14.6 Å². The molecule has 4 heteroatoms. The molecule has 0 fully saturated rings. The Morgan fingerprint density at radius 2 is 1.79 bits per heavy atom. The van der Waals surface area contributed by atoms with Crippen LogP contribution < -0.4 is 0 Å². The van der Waals surface area contributed by atoms with Gasteiger partial charge < -0.3 is 14.7 Å². The molecule has 2 atom stereocenters. The Kier molecular flexibility index (Phi) is 8.16. The van der Waals surface area contributed by atoms with Crippen LogP contribution in [0, 0.1) is 5.92 Å². The first kappa shape index (κ1) is 17.7. The van der Waals surface area contributed by atoms with Crippen LogP contribution in [0.15, 0.2) is 25.0 Å². The maximum atomic E-state index is 11.9. The van der Waals surface area contributed by atoms with E-state index in [0.29, 0.717) is 6.42 Å². The van der Waals surface area contributed by atoms with E-state index in [1.165, 1.54) is 6.26 Å². The minimum atomic E-state index is -0.501. The molecule has 4 nitrogen and oxygen atoms in total. The molecule has 0 heterocycles. The van der Waals surface area contributed by atoms with Gasteiger partial charge in [-0.05, 0) is 40.2 Å². The maximum Gasteiger partial charge on any atom is 0.415 e. The molecule has 1 amide bonds. The van der Waals surface area contributed by atoms with Gasteiger partial charge in [-0.3, -0.25) is 0 Å². The van der Waals surface area contributed by atoms with Crippen LogP contribution in [0.3, 0.4) is 0 Å². The number of ether oxygens (including phenoxy) is 1. The van der Waals surface area contributed by atoms with Crippen molar-refractivity contribution in [1.82, 2.24) is 4.90 Å². The smallest absolute Gasteiger partial charge is 0.415 e. The molecule has 1 N–H and O–H groups in total. The van der Waals surface area contributed by atoms with E-state index in [1.807, 2.05) is 34.6 Å². The zero-order valence-corrected chi connectivity index (χ0v) is 12.7. The van der Waals surface area contributed by atoms with E-state index in [0.717, 1.165) is 0 Å². The Hall–Kier alpha value is -1.29. The second-order valence-corrected chi connectivity index (χ2v) is 5.26. The van der Waals surface area contributed by atoms with Gasteiger partial charge in [0.2, 0.25) is 0 Å². The lowest BCUT2D eigenvalue weighted by molar-refractivity contribution is 0.107. The second kappa shape index (κ2) is 8.75. The van der Waals surface area contributed by atoms with Crippen LogP contribution in [0.1, 0.15) is 41.0 Å². The average Bonchev–Trinajstić information content (AvgIpc) is 2.27. The van der Waals surface area contributed by atoms with Gasteiger partial charge >= 0.3 is 6.09 Å². The quantitative estimate of drug-likeness (QED) is 0.569. The summed E-state index contributed by atoms with van der Waals surface area (Å²) >= 11 is 0. The van der Waals surface area contributed by atoms with Crippen LogP contribution in [0.2, 0.25) is 0 Å². The standard InChI is InChI=1S/C15H27NO3/c1-7-8-14(17)13(6)9-10-19-15(18)16(11(2)3)12(4)5/h7,9-14,17H,1,8H2,2-6H3/b10-9-/t13-,14+/m0/s1. The SMILES string of the molecule is C=CC[C@@H](O)[C@@H](C)/C=C\OC(=O)N(C(C)C)C(C)C. The normalized spacial score (nSPS) is 14.7. The molecule has 0 aromatic carbocycles. The van der Waals surface area contributed by atoms with E-state index in [4.69, 9.17) is 4.74 Å². The Balaban J connectivity index is 4.38. The Bertz CT molecular complexity index is 303. The summed E-state index contributed by atoms with van der Waals surface area (Å²) in [4.78, 5) is 13.5. The van der Waals surface area contributed by atoms with E-state index >= 15 is 0 Å². The summed E-state index contributed by atoms with van der Waals surface area (Å²) in [6.45, 7) is 13.2. The van der Waals surface area contributed by atoms with E-state index in [1.54, 1.807) is 17.1 Å². The molecule has 0 bridgehead atoms. The van der Waals surface area contributed by atoms with Crippen LogP contribution >= 0.6 is 0 Å². The third kappa shape index (κ3) is 6.43. The first-order valence-corrected chi connectivity index (χ1v) is 6.75. The largest absolute Gasteiger partial charge is 0.418 e. The molecule has 0 saturated carbocycles. The summed E-state index contributed by atoms with van der Waals surface area (Å²) < 4.78 is 5.10. The number of hydrogen-bond acceptors (Lipinski definition) is 3. The highest BCUT2D eigenvalue weighted by atomic mass is 16.5. The van der Waals surface area contributed by atoms with Crippen molar-refractivity contribution >= 4 is 6.09 Å². The number of aliphatic hydroxyl groups excluding tert-OH is 1. The topological polar surface area (TPSA) is 49.8 Å². The van der Waals surface area contributed by atoms with Crippen molar-refractivity contribution in [3.63, 3.8) is 0 Å². The van der Waals surface area contributed by atoms with Gasteiger partial charge in [-0.15, -0.1) is 6.58 Å². The van der Waals surface area contributed by atoms with Gasteiger partial charge in [0, 0.05) is 18.0 Å². The number of rotatable bonds is 7. The highest BCUT2D eigenvalue weighted by Crippen LogP contribution is 2.11. The number of nitrogens with zero attached hydrogens (tertiary/aromatic N) is 1. The zero-order valence-electron chi connectivity index (χ0n) is 12.7. The summed E-state index contributed by atoms with van der Waals surface area (Å²) in [7, 11) is 0. The number of aliphatic hydroxyl groups is 1. The molecular weight excluding hydrogens is 242 g/mol. The minimum Gasteiger partial charge on any atom is -0.418 e. The lowest BCUT2D eigenvalue weighted by Crippen LogP contribution is -2.41. The van der Waals surface area contributed by atoms with Crippen LogP contribution in [0.5, 0.6) is 0 Å². The number of hydrogen-bond donors (Lipinski definition) is 1. The summed E-state index contributed by atoms with van der Waals surface area (Å²) in [5.74, 6) is -0.0858. The molecule has 0 aliphatic rings. The van der Waals surface area contributed by atoms with Crippen molar-refractivity contribution in [3.8, 4) is 0 Å². The van der Waals surface area contributed by atoms with Crippen LogP contribution in [-0.4, -0.2) is 34.3 Å². The predicted octanol–water partition coefficient (Wildman–Crippen LogP) is 3.33. The number of carbonyl (C=O) groups excluding carboxylic acids is 1.